The zero-order valence-electron chi connectivity index (χ0n) is 19.1. The minimum Gasteiger partial charge on any atom is -0.493 e. The highest BCUT2D eigenvalue weighted by atomic mass is 127. The highest BCUT2D eigenvalue weighted by Crippen LogP contribution is 2.34. The van der Waals surface area contributed by atoms with E-state index in [-0.39, 0.29) is 0 Å². The van der Waals surface area contributed by atoms with Crippen LogP contribution in [0.2, 0.25) is 0 Å². The van der Waals surface area contributed by atoms with Crippen molar-refractivity contribution in [1.82, 2.24) is 5.43 Å². The van der Waals surface area contributed by atoms with E-state index in [4.69, 9.17) is 9.47 Å². The fraction of sp³-hybridized carbons (Fsp3) is 0.111. The number of nitrogens with one attached hydrogen (secondary N) is 2. The van der Waals surface area contributed by atoms with E-state index in [1.165, 1.54) is 5.39 Å². The van der Waals surface area contributed by atoms with Crippen molar-refractivity contribution >= 4 is 67.2 Å². The first-order valence-corrected chi connectivity index (χ1v) is 12.6. The molecule has 6 nitrogen and oxygen atoms in total. The van der Waals surface area contributed by atoms with Crippen LogP contribution in [-0.2, 0) is 6.61 Å². The molecule has 0 aliphatic heterocycles. The molecule has 0 atom stereocenters. The molecule has 0 spiro atoms. The number of hydrogen-bond acceptors (Lipinski definition) is 4. The van der Waals surface area contributed by atoms with E-state index < -0.39 is 6.03 Å². The predicted octanol–water partition coefficient (Wildman–Crippen LogP) is 7.26. The number of aryl methyl sites for hydroxylation is 1. The van der Waals surface area contributed by atoms with Crippen molar-refractivity contribution in [2.24, 2.45) is 5.10 Å². The maximum absolute atomic E-state index is 12.2. The Labute approximate surface area is 226 Å². The average Bonchev–Trinajstić information content (AvgIpc) is 2.85. The molecule has 0 heterocycles. The van der Waals surface area contributed by atoms with Crippen LogP contribution >= 0.6 is 38.5 Å². The van der Waals surface area contributed by atoms with Crippen molar-refractivity contribution in [1.29, 1.82) is 0 Å². The van der Waals surface area contributed by atoms with Gasteiger partial charge in [0, 0.05) is 10.2 Å². The number of fused-ring (bicyclic) bond motifs is 1. The fourth-order valence-corrected chi connectivity index (χ4v) is 4.60. The van der Waals surface area contributed by atoms with Gasteiger partial charge in [-0.05, 0) is 87.3 Å². The van der Waals surface area contributed by atoms with Gasteiger partial charge in [-0.2, -0.15) is 5.10 Å². The zero-order chi connectivity index (χ0) is 24.8. The van der Waals surface area contributed by atoms with Crippen LogP contribution in [0.5, 0.6) is 11.5 Å². The predicted molar refractivity (Wildman–Crippen MR) is 153 cm³/mol. The Bertz CT molecular complexity index is 1400. The molecule has 4 aromatic carbocycles. The standard InChI is InChI=1S/C27H23BrIN3O3/c1-17-12-21(10-11-23(17)28)31-27(33)32-30-15-18-13-24(29)26(25(14-18)34-2)35-16-20-8-5-7-19-6-3-4-9-22(19)20/h3-15H,16H2,1-2H3,(H2,31,32,33)/b30-15+. The second-order valence-electron chi connectivity index (χ2n) is 7.75. The number of ether oxygens (including phenoxy) is 2. The lowest BCUT2D eigenvalue weighted by atomic mass is 10.1. The Hall–Kier alpha value is -3.11. The molecule has 4 rings (SSSR count). The summed E-state index contributed by atoms with van der Waals surface area (Å²) in [5.41, 5.74) is 6.06. The van der Waals surface area contributed by atoms with Crippen molar-refractivity contribution in [3.05, 3.63) is 97.5 Å². The first kappa shape index (κ1) is 25.0. The van der Waals surface area contributed by atoms with Gasteiger partial charge < -0.3 is 14.8 Å². The molecule has 35 heavy (non-hydrogen) atoms. The number of nitrogens with zero attached hydrogens (tertiary/aromatic N) is 1. The number of rotatable bonds is 7. The summed E-state index contributed by atoms with van der Waals surface area (Å²) in [7, 11) is 1.60. The topological polar surface area (TPSA) is 72.0 Å². The quantitative estimate of drug-likeness (QED) is 0.127. The lowest BCUT2D eigenvalue weighted by Crippen LogP contribution is -2.24. The number of benzene rings is 4. The smallest absolute Gasteiger partial charge is 0.339 e. The van der Waals surface area contributed by atoms with Gasteiger partial charge in [0.1, 0.15) is 6.61 Å². The molecule has 2 N–H and O–H groups in total. The van der Waals surface area contributed by atoms with Gasteiger partial charge in [-0.1, -0.05) is 58.4 Å². The summed E-state index contributed by atoms with van der Waals surface area (Å²) in [5, 5.41) is 9.15. The second-order valence-corrected chi connectivity index (χ2v) is 9.77. The molecule has 0 aromatic heterocycles. The Morgan fingerprint density at radius 1 is 1.09 bits per heavy atom. The largest absolute Gasteiger partial charge is 0.493 e. The first-order valence-electron chi connectivity index (χ1n) is 10.8. The Morgan fingerprint density at radius 2 is 1.89 bits per heavy atom. The molecule has 178 valence electrons. The number of hydrogen-bond donors (Lipinski definition) is 2. The molecule has 0 fully saturated rings. The second kappa shape index (κ2) is 11.5. The summed E-state index contributed by atoms with van der Waals surface area (Å²) in [6, 6.07) is 23.3. The molecule has 0 aliphatic carbocycles. The van der Waals surface area contributed by atoms with Crippen molar-refractivity contribution in [2.75, 3.05) is 12.4 Å². The molecule has 0 saturated carbocycles. The molecule has 0 saturated heterocycles. The van der Waals surface area contributed by atoms with Gasteiger partial charge in [-0.15, -0.1) is 0 Å². The van der Waals surface area contributed by atoms with E-state index in [1.54, 1.807) is 13.3 Å². The van der Waals surface area contributed by atoms with E-state index in [1.807, 2.05) is 55.5 Å². The van der Waals surface area contributed by atoms with Crippen molar-refractivity contribution in [2.45, 2.75) is 13.5 Å². The van der Waals surface area contributed by atoms with Crippen molar-refractivity contribution in [3.8, 4) is 11.5 Å². The van der Waals surface area contributed by atoms with Crippen molar-refractivity contribution in [3.63, 3.8) is 0 Å². The van der Waals surface area contributed by atoms with Crippen LogP contribution in [0.3, 0.4) is 0 Å². The summed E-state index contributed by atoms with van der Waals surface area (Å²) in [6.07, 6.45) is 1.56. The SMILES string of the molecule is COc1cc(/C=N/NC(=O)Nc2ccc(Br)c(C)c2)cc(I)c1OCc1cccc2ccccc12. The van der Waals surface area contributed by atoms with Gasteiger partial charge in [0.05, 0.1) is 16.9 Å². The number of methoxy groups -OCH3 is 1. The third kappa shape index (κ3) is 6.32. The third-order valence-electron chi connectivity index (χ3n) is 5.30. The van der Waals surface area contributed by atoms with Crippen LogP contribution in [0.15, 0.2) is 82.4 Å². The van der Waals surface area contributed by atoms with Crippen LogP contribution in [0.25, 0.3) is 10.8 Å². The molecular formula is C27H23BrIN3O3. The van der Waals surface area contributed by atoms with Gasteiger partial charge in [0.2, 0.25) is 0 Å². The van der Waals surface area contributed by atoms with Gasteiger partial charge in [-0.25, -0.2) is 10.2 Å². The molecule has 4 aromatic rings. The number of hydrazone groups is 1. The monoisotopic (exact) mass is 643 g/mol. The van der Waals surface area contributed by atoms with Crippen LogP contribution in [0, 0.1) is 10.5 Å². The van der Waals surface area contributed by atoms with E-state index in [0.717, 1.165) is 30.1 Å². The number of carbonyl (C=O) groups is 1. The maximum Gasteiger partial charge on any atom is 0.339 e. The van der Waals surface area contributed by atoms with Gasteiger partial charge >= 0.3 is 6.03 Å². The summed E-state index contributed by atoms with van der Waals surface area (Å²) in [6.45, 7) is 2.37. The molecule has 0 radical (unpaired) electrons. The lowest BCUT2D eigenvalue weighted by molar-refractivity contribution is 0.252. The minimum atomic E-state index is -0.431. The summed E-state index contributed by atoms with van der Waals surface area (Å²) < 4.78 is 13.6. The molecule has 0 unspecified atom stereocenters. The Morgan fingerprint density at radius 3 is 2.69 bits per heavy atom. The maximum atomic E-state index is 12.2. The number of halogens is 2. The third-order valence-corrected chi connectivity index (χ3v) is 6.99. The summed E-state index contributed by atoms with van der Waals surface area (Å²) >= 11 is 5.66. The van der Waals surface area contributed by atoms with E-state index >= 15 is 0 Å². The van der Waals surface area contributed by atoms with Gasteiger partial charge in [0.15, 0.2) is 11.5 Å². The average molecular weight is 644 g/mol. The van der Waals surface area contributed by atoms with E-state index in [0.29, 0.717) is 23.8 Å². The molecule has 8 heteroatoms. The van der Waals surface area contributed by atoms with Crippen LogP contribution in [0.1, 0.15) is 16.7 Å². The van der Waals surface area contributed by atoms with E-state index in [9.17, 15) is 4.79 Å². The number of amides is 2. The van der Waals surface area contributed by atoms with Gasteiger partial charge in [0.25, 0.3) is 0 Å². The van der Waals surface area contributed by atoms with Crippen LogP contribution in [0.4, 0.5) is 10.5 Å². The van der Waals surface area contributed by atoms with Crippen LogP contribution < -0.4 is 20.2 Å². The summed E-state index contributed by atoms with van der Waals surface area (Å²) in [5.74, 6) is 1.25. The molecule has 0 bridgehead atoms. The van der Waals surface area contributed by atoms with Gasteiger partial charge in [-0.3, -0.25) is 0 Å². The Balaban J connectivity index is 1.42. The highest BCUT2D eigenvalue weighted by Gasteiger charge is 2.12. The first-order chi connectivity index (χ1) is 16.9. The highest BCUT2D eigenvalue weighted by molar-refractivity contribution is 14.1. The molecule has 2 amide bonds. The number of carbonyl (C=O) groups excluding carboxylic acids is 1. The van der Waals surface area contributed by atoms with E-state index in [2.05, 4.69) is 78.6 Å². The van der Waals surface area contributed by atoms with Crippen molar-refractivity contribution < 1.29 is 14.3 Å². The Kier molecular flexibility index (Phi) is 8.25. The fourth-order valence-electron chi connectivity index (χ4n) is 3.57. The minimum absolute atomic E-state index is 0.415. The number of urea groups is 1. The molecule has 0 aliphatic rings. The normalized spacial score (nSPS) is 11.0. The van der Waals surface area contributed by atoms with Crippen LogP contribution in [-0.4, -0.2) is 19.4 Å². The molecular weight excluding hydrogens is 621 g/mol. The zero-order valence-corrected chi connectivity index (χ0v) is 22.9. The summed E-state index contributed by atoms with van der Waals surface area (Å²) in [4.78, 5) is 12.2. The lowest BCUT2D eigenvalue weighted by Gasteiger charge is -2.14. The number of anilines is 1.